The number of aromatic nitrogens is 2. The molecule has 7 heteroatoms. The molecular formula is C18H30N4O3. The lowest BCUT2D eigenvalue weighted by Crippen LogP contribution is -2.49. The molecule has 0 N–H and O–H groups in total. The third kappa shape index (κ3) is 5.03. The SMILES string of the molecule is Cc1cc(C)n(CC(=O)N(CCN2CCOCC2)C2CCOCC2)n1. The van der Waals surface area contributed by atoms with Crippen LogP contribution in [0, 0.1) is 13.8 Å². The van der Waals surface area contributed by atoms with Crippen LogP contribution < -0.4 is 0 Å². The van der Waals surface area contributed by atoms with Crippen LogP contribution in [0.15, 0.2) is 6.07 Å². The maximum Gasteiger partial charge on any atom is 0.244 e. The Kier molecular flexibility index (Phi) is 6.45. The van der Waals surface area contributed by atoms with Gasteiger partial charge in [0.25, 0.3) is 0 Å². The number of aryl methyl sites for hydroxylation is 2. The van der Waals surface area contributed by atoms with Crippen LogP contribution in [0.1, 0.15) is 24.2 Å². The Morgan fingerprint density at radius 2 is 1.88 bits per heavy atom. The van der Waals surface area contributed by atoms with E-state index >= 15 is 0 Å². The molecule has 7 nitrogen and oxygen atoms in total. The first-order chi connectivity index (χ1) is 12.1. The largest absolute Gasteiger partial charge is 0.381 e. The minimum Gasteiger partial charge on any atom is -0.381 e. The van der Waals surface area contributed by atoms with Crippen molar-refractivity contribution in [3.8, 4) is 0 Å². The van der Waals surface area contributed by atoms with Crippen LogP contribution in [0.3, 0.4) is 0 Å². The molecule has 1 amide bonds. The molecule has 1 aromatic heterocycles. The van der Waals surface area contributed by atoms with Crippen molar-refractivity contribution in [1.82, 2.24) is 19.6 Å². The number of hydrogen-bond donors (Lipinski definition) is 0. The molecule has 3 heterocycles. The van der Waals surface area contributed by atoms with Gasteiger partial charge in [-0.1, -0.05) is 0 Å². The fourth-order valence-electron chi connectivity index (χ4n) is 3.64. The molecule has 0 bridgehead atoms. The van der Waals surface area contributed by atoms with E-state index in [-0.39, 0.29) is 11.9 Å². The second-order valence-electron chi connectivity index (χ2n) is 6.97. The fraction of sp³-hybridized carbons (Fsp3) is 0.778. The molecule has 0 aliphatic carbocycles. The zero-order chi connectivity index (χ0) is 17.6. The summed E-state index contributed by atoms with van der Waals surface area (Å²) >= 11 is 0. The minimum absolute atomic E-state index is 0.159. The summed E-state index contributed by atoms with van der Waals surface area (Å²) in [6.07, 6.45) is 1.85. The van der Waals surface area contributed by atoms with Crippen molar-refractivity contribution < 1.29 is 14.3 Å². The van der Waals surface area contributed by atoms with Crippen LogP contribution in [0.5, 0.6) is 0 Å². The minimum atomic E-state index is 0.159. The van der Waals surface area contributed by atoms with Crippen molar-refractivity contribution in [1.29, 1.82) is 0 Å². The average molecular weight is 350 g/mol. The van der Waals surface area contributed by atoms with Gasteiger partial charge in [0, 0.05) is 51.1 Å². The molecule has 0 atom stereocenters. The topological polar surface area (TPSA) is 59.8 Å². The van der Waals surface area contributed by atoms with E-state index in [1.54, 1.807) is 0 Å². The first-order valence-electron chi connectivity index (χ1n) is 9.32. The van der Waals surface area contributed by atoms with E-state index in [1.165, 1.54) is 0 Å². The maximum atomic E-state index is 13.0. The second-order valence-corrected chi connectivity index (χ2v) is 6.97. The Morgan fingerprint density at radius 3 is 2.52 bits per heavy atom. The molecule has 25 heavy (non-hydrogen) atoms. The van der Waals surface area contributed by atoms with Crippen molar-refractivity contribution in [3.63, 3.8) is 0 Å². The quantitative estimate of drug-likeness (QED) is 0.761. The highest BCUT2D eigenvalue weighted by atomic mass is 16.5. The highest BCUT2D eigenvalue weighted by molar-refractivity contribution is 5.76. The van der Waals surface area contributed by atoms with Crippen LogP contribution in [-0.4, -0.2) is 84.1 Å². The van der Waals surface area contributed by atoms with Crippen molar-refractivity contribution >= 4 is 5.91 Å². The Bertz CT molecular complexity index is 563. The number of rotatable bonds is 6. The van der Waals surface area contributed by atoms with Crippen LogP contribution in [0.4, 0.5) is 0 Å². The second kappa shape index (κ2) is 8.78. The van der Waals surface area contributed by atoms with Crippen LogP contribution in [0.25, 0.3) is 0 Å². The third-order valence-corrected chi connectivity index (χ3v) is 5.10. The molecule has 1 aromatic rings. The molecule has 0 spiro atoms. The first-order valence-corrected chi connectivity index (χ1v) is 9.32. The highest BCUT2D eigenvalue weighted by Crippen LogP contribution is 2.16. The summed E-state index contributed by atoms with van der Waals surface area (Å²) in [6, 6.07) is 2.29. The van der Waals surface area contributed by atoms with Crippen LogP contribution in [0.2, 0.25) is 0 Å². The molecule has 0 saturated carbocycles. The number of carbonyl (C=O) groups is 1. The van der Waals surface area contributed by atoms with Gasteiger partial charge in [-0.25, -0.2) is 0 Å². The monoisotopic (exact) mass is 350 g/mol. The zero-order valence-electron chi connectivity index (χ0n) is 15.4. The lowest BCUT2D eigenvalue weighted by molar-refractivity contribution is -0.136. The predicted octanol–water partition coefficient (Wildman–Crippen LogP) is 0.840. The molecule has 0 radical (unpaired) electrons. The number of hydrogen-bond acceptors (Lipinski definition) is 5. The predicted molar refractivity (Wildman–Crippen MR) is 94.5 cm³/mol. The van der Waals surface area contributed by atoms with E-state index < -0.39 is 0 Å². The van der Waals surface area contributed by atoms with E-state index in [0.717, 1.165) is 76.8 Å². The summed E-state index contributed by atoms with van der Waals surface area (Å²) in [5.74, 6) is 0.159. The normalized spacial score (nSPS) is 19.9. The lowest BCUT2D eigenvalue weighted by atomic mass is 10.1. The Hall–Kier alpha value is -1.44. The van der Waals surface area contributed by atoms with Gasteiger partial charge in [0.1, 0.15) is 6.54 Å². The summed E-state index contributed by atoms with van der Waals surface area (Å²) in [5.41, 5.74) is 1.99. The van der Waals surface area contributed by atoms with Crippen molar-refractivity contribution in [2.75, 3.05) is 52.6 Å². The number of amides is 1. The molecule has 2 aliphatic rings. The lowest BCUT2D eigenvalue weighted by Gasteiger charge is -2.36. The summed E-state index contributed by atoms with van der Waals surface area (Å²) in [7, 11) is 0. The van der Waals surface area contributed by atoms with Crippen LogP contribution >= 0.6 is 0 Å². The van der Waals surface area contributed by atoms with Gasteiger partial charge in [-0.2, -0.15) is 5.10 Å². The molecule has 2 saturated heterocycles. The van der Waals surface area contributed by atoms with Gasteiger partial charge < -0.3 is 14.4 Å². The van der Waals surface area contributed by atoms with Crippen molar-refractivity contribution in [3.05, 3.63) is 17.5 Å². The molecule has 2 fully saturated rings. The van der Waals surface area contributed by atoms with E-state index in [1.807, 2.05) is 24.6 Å². The maximum absolute atomic E-state index is 13.0. The van der Waals surface area contributed by atoms with E-state index in [9.17, 15) is 4.79 Å². The smallest absolute Gasteiger partial charge is 0.244 e. The Balaban J connectivity index is 1.63. The summed E-state index contributed by atoms with van der Waals surface area (Å²) in [4.78, 5) is 17.5. The zero-order valence-corrected chi connectivity index (χ0v) is 15.4. The van der Waals surface area contributed by atoms with Gasteiger partial charge in [-0.05, 0) is 32.8 Å². The molecule has 0 unspecified atom stereocenters. The molecule has 3 rings (SSSR count). The molecule has 0 aromatic carbocycles. The molecule has 2 aliphatic heterocycles. The van der Waals surface area contributed by atoms with Gasteiger partial charge in [0.2, 0.25) is 5.91 Å². The third-order valence-electron chi connectivity index (χ3n) is 5.10. The number of nitrogens with zero attached hydrogens (tertiary/aromatic N) is 4. The van der Waals surface area contributed by atoms with Gasteiger partial charge >= 0.3 is 0 Å². The van der Waals surface area contributed by atoms with E-state index in [4.69, 9.17) is 9.47 Å². The number of carbonyl (C=O) groups excluding carboxylic acids is 1. The number of morpholine rings is 1. The Morgan fingerprint density at radius 1 is 1.20 bits per heavy atom. The van der Waals surface area contributed by atoms with E-state index in [2.05, 4.69) is 14.9 Å². The summed E-state index contributed by atoms with van der Waals surface area (Å²) in [6.45, 7) is 10.9. The van der Waals surface area contributed by atoms with Gasteiger partial charge in [0.05, 0.1) is 18.9 Å². The fourth-order valence-corrected chi connectivity index (χ4v) is 3.64. The number of ether oxygens (including phenoxy) is 2. The van der Waals surface area contributed by atoms with E-state index in [0.29, 0.717) is 6.54 Å². The van der Waals surface area contributed by atoms with Gasteiger partial charge in [-0.3, -0.25) is 14.4 Å². The van der Waals surface area contributed by atoms with Crippen molar-refractivity contribution in [2.24, 2.45) is 0 Å². The van der Waals surface area contributed by atoms with Crippen molar-refractivity contribution in [2.45, 2.75) is 39.3 Å². The van der Waals surface area contributed by atoms with Gasteiger partial charge in [0.15, 0.2) is 0 Å². The highest BCUT2D eigenvalue weighted by Gasteiger charge is 2.27. The van der Waals surface area contributed by atoms with Crippen LogP contribution in [-0.2, 0) is 20.8 Å². The average Bonchev–Trinajstić information content (AvgIpc) is 2.94. The summed E-state index contributed by atoms with van der Waals surface area (Å²) in [5, 5.41) is 4.45. The standard InChI is InChI=1S/C18H30N4O3/c1-15-13-16(2)22(19-15)14-18(23)21(17-3-9-24-10-4-17)6-5-20-7-11-25-12-8-20/h13,17H,3-12,14H2,1-2H3. The summed E-state index contributed by atoms with van der Waals surface area (Å²) < 4.78 is 12.7. The first kappa shape index (κ1) is 18.4. The molecule has 140 valence electrons. The van der Waals surface area contributed by atoms with Gasteiger partial charge in [-0.15, -0.1) is 0 Å². The Labute approximate surface area is 149 Å². The molecular weight excluding hydrogens is 320 g/mol.